The van der Waals surface area contributed by atoms with Crippen LogP contribution in [0.15, 0.2) is 36.5 Å². The molecule has 1 N–H and O–H groups in total. The highest BCUT2D eigenvalue weighted by Crippen LogP contribution is 2.45. The van der Waals surface area contributed by atoms with Gasteiger partial charge in [-0.05, 0) is 37.4 Å². The minimum absolute atomic E-state index is 0. The molecule has 4 rings (SSSR count). The zero-order chi connectivity index (χ0) is 17.3. The van der Waals surface area contributed by atoms with Gasteiger partial charge in [0.1, 0.15) is 5.69 Å². The molecule has 0 unspecified atom stereocenters. The molecule has 0 spiro atoms. The van der Waals surface area contributed by atoms with Gasteiger partial charge in [-0.2, -0.15) is 15.0 Å². The van der Waals surface area contributed by atoms with Crippen molar-refractivity contribution in [1.29, 1.82) is 0 Å². The third-order valence-corrected chi connectivity index (χ3v) is 5.74. The summed E-state index contributed by atoms with van der Waals surface area (Å²) < 4.78 is 0. The summed E-state index contributed by atoms with van der Waals surface area (Å²) in [5, 5.41) is 12.3. The fourth-order valence-electron chi connectivity index (χ4n) is 4.42. The fourth-order valence-corrected chi connectivity index (χ4v) is 4.42. The van der Waals surface area contributed by atoms with Crippen LogP contribution in [0.1, 0.15) is 31.4 Å². The summed E-state index contributed by atoms with van der Waals surface area (Å²) in [6, 6.07) is 9.83. The van der Waals surface area contributed by atoms with Gasteiger partial charge in [0.2, 0.25) is 5.91 Å². The van der Waals surface area contributed by atoms with E-state index in [2.05, 4.69) is 15.5 Å². The highest BCUT2D eigenvalue weighted by molar-refractivity contribution is 5.85. The van der Waals surface area contributed by atoms with Gasteiger partial charge in [-0.15, -0.1) is 12.4 Å². The van der Waals surface area contributed by atoms with Gasteiger partial charge >= 0.3 is 0 Å². The molecular weight excluding hydrogens is 350 g/mol. The molecule has 1 aliphatic carbocycles. The number of rotatable bonds is 4. The lowest BCUT2D eigenvalue weighted by Crippen LogP contribution is -2.48. The van der Waals surface area contributed by atoms with Crippen LogP contribution in [-0.4, -0.2) is 45.9 Å². The Balaban J connectivity index is 0.00000196. The van der Waals surface area contributed by atoms with Crippen molar-refractivity contribution in [1.82, 2.24) is 25.2 Å². The van der Waals surface area contributed by atoms with E-state index in [1.54, 1.807) is 11.0 Å². The number of hydrogen-bond donors (Lipinski definition) is 1. The maximum atomic E-state index is 13.2. The lowest BCUT2D eigenvalue weighted by molar-refractivity contribution is -0.144. The largest absolute Gasteiger partial charge is 0.339 e. The van der Waals surface area contributed by atoms with Crippen molar-refractivity contribution in [3.8, 4) is 5.69 Å². The summed E-state index contributed by atoms with van der Waals surface area (Å²) in [5.41, 5.74) is 1.53. The van der Waals surface area contributed by atoms with Crippen LogP contribution in [0.2, 0.25) is 0 Å². The highest BCUT2D eigenvalue weighted by atomic mass is 35.5. The van der Waals surface area contributed by atoms with Crippen LogP contribution >= 0.6 is 12.4 Å². The van der Waals surface area contributed by atoms with Crippen LogP contribution in [0.5, 0.6) is 0 Å². The number of nitrogens with zero attached hydrogens (tertiary/aromatic N) is 4. The summed E-state index contributed by atoms with van der Waals surface area (Å²) in [6.07, 6.45) is 6.32. The van der Waals surface area contributed by atoms with E-state index >= 15 is 0 Å². The molecule has 7 heteroatoms. The van der Waals surface area contributed by atoms with E-state index in [4.69, 9.17) is 0 Å². The summed E-state index contributed by atoms with van der Waals surface area (Å²) in [5.74, 6) is 0.743. The Morgan fingerprint density at radius 2 is 2.15 bits per heavy atom. The Morgan fingerprint density at radius 3 is 2.96 bits per heavy atom. The van der Waals surface area contributed by atoms with Crippen LogP contribution in [-0.2, 0) is 11.3 Å². The summed E-state index contributed by atoms with van der Waals surface area (Å²) >= 11 is 0. The monoisotopic (exact) mass is 375 g/mol. The third-order valence-electron chi connectivity index (χ3n) is 5.74. The van der Waals surface area contributed by atoms with E-state index in [9.17, 15) is 4.79 Å². The molecule has 1 aromatic heterocycles. The molecule has 2 aromatic rings. The van der Waals surface area contributed by atoms with Crippen molar-refractivity contribution >= 4 is 18.3 Å². The molecule has 1 aromatic carbocycles. The summed E-state index contributed by atoms with van der Waals surface area (Å²) in [6.45, 7) is 2.29. The number of hydrogen-bond acceptors (Lipinski definition) is 4. The third kappa shape index (κ3) is 3.35. The van der Waals surface area contributed by atoms with Gasteiger partial charge < -0.3 is 10.2 Å². The predicted molar refractivity (Wildman–Crippen MR) is 102 cm³/mol. The molecule has 2 fully saturated rings. The smallest absolute Gasteiger partial charge is 0.230 e. The number of benzene rings is 1. The van der Waals surface area contributed by atoms with Gasteiger partial charge in [-0.25, -0.2) is 0 Å². The van der Waals surface area contributed by atoms with Gasteiger partial charge in [0, 0.05) is 13.6 Å². The molecule has 1 aliphatic heterocycles. The number of carbonyl (C=O) groups excluding carboxylic acids is 1. The van der Waals surface area contributed by atoms with E-state index < -0.39 is 0 Å². The molecule has 26 heavy (non-hydrogen) atoms. The molecule has 0 radical (unpaired) electrons. The minimum atomic E-state index is -0.206. The Kier molecular flexibility index (Phi) is 5.63. The normalized spacial score (nSPS) is 24.6. The maximum absolute atomic E-state index is 13.2. The molecule has 140 valence electrons. The first-order chi connectivity index (χ1) is 12.2. The lowest BCUT2D eigenvalue weighted by atomic mass is 9.67. The standard InChI is InChI=1S/C19H25N5O.ClH/c1-23(18(25)19-10-6-5-7-15(19)11-20-14-19)13-16-12-21-24(22-16)17-8-3-2-4-9-17;/h2-4,8-9,12,15,20H,5-7,10-11,13-14H2,1H3;1H/t15-,19+;/m0./s1. The number of para-hydroxylation sites is 1. The van der Waals surface area contributed by atoms with Gasteiger partial charge in [-0.3, -0.25) is 4.79 Å². The molecule has 1 amide bonds. The second kappa shape index (κ2) is 7.76. The highest BCUT2D eigenvalue weighted by Gasteiger charge is 2.50. The number of halogens is 1. The van der Waals surface area contributed by atoms with Gasteiger partial charge in [0.05, 0.1) is 23.8 Å². The average Bonchev–Trinajstić information content (AvgIpc) is 3.29. The first kappa shape index (κ1) is 18.9. The molecule has 2 atom stereocenters. The van der Waals surface area contributed by atoms with E-state index in [0.717, 1.165) is 43.7 Å². The van der Waals surface area contributed by atoms with Crippen LogP contribution in [0.3, 0.4) is 0 Å². The van der Waals surface area contributed by atoms with Crippen molar-refractivity contribution in [2.24, 2.45) is 11.3 Å². The predicted octanol–water partition coefficient (Wildman–Crippen LogP) is 2.43. The number of amides is 1. The van der Waals surface area contributed by atoms with Gasteiger partial charge in [0.25, 0.3) is 0 Å². The van der Waals surface area contributed by atoms with Crippen LogP contribution in [0.4, 0.5) is 0 Å². The van der Waals surface area contributed by atoms with Crippen LogP contribution in [0, 0.1) is 11.3 Å². The van der Waals surface area contributed by atoms with Gasteiger partial charge in [0.15, 0.2) is 0 Å². The Hall–Kier alpha value is -1.92. The lowest BCUT2D eigenvalue weighted by Gasteiger charge is -2.39. The second-order valence-electron chi connectivity index (χ2n) is 7.35. The van der Waals surface area contributed by atoms with Crippen molar-refractivity contribution in [3.05, 3.63) is 42.2 Å². The summed E-state index contributed by atoms with van der Waals surface area (Å²) in [7, 11) is 1.89. The molecular formula is C19H26ClN5O. The Labute approximate surface area is 160 Å². The van der Waals surface area contributed by atoms with Crippen molar-refractivity contribution in [2.45, 2.75) is 32.2 Å². The number of carbonyl (C=O) groups is 1. The first-order valence-corrected chi connectivity index (χ1v) is 9.12. The van der Waals surface area contributed by atoms with Crippen LogP contribution in [0.25, 0.3) is 5.69 Å². The summed E-state index contributed by atoms with van der Waals surface area (Å²) in [4.78, 5) is 16.7. The van der Waals surface area contributed by atoms with Gasteiger partial charge in [-0.1, -0.05) is 31.0 Å². The van der Waals surface area contributed by atoms with Crippen LogP contribution < -0.4 is 5.32 Å². The molecule has 2 aliphatic rings. The van der Waals surface area contributed by atoms with E-state index in [-0.39, 0.29) is 23.7 Å². The molecule has 0 bridgehead atoms. The quantitative estimate of drug-likeness (QED) is 0.891. The zero-order valence-electron chi connectivity index (χ0n) is 15.1. The van der Waals surface area contributed by atoms with E-state index in [0.29, 0.717) is 12.5 Å². The molecule has 2 heterocycles. The number of nitrogens with one attached hydrogen (secondary N) is 1. The second-order valence-corrected chi connectivity index (χ2v) is 7.35. The molecule has 1 saturated heterocycles. The minimum Gasteiger partial charge on any atom is -0.339 e. The Morgan fingerprint density at radius 1 is 1.35 bits per heavy atom. The number of aromatic nitrogens is 3. The zero-order valence-corrected chi connectivity index (χ0v) is 15.9. The fraction of sp³-hybridized carbons (Fsp3) is 0.526. The first-order valence-electron chi connectivity index (χ1n) is 9.12. The van der Waals surface area contributed by atoms with E-state index in [1.807, 2.05) is 42.3 Å². The topological polar surface area (TPSA) is 63.1 Å². The Bertz CT molecular complexity index is 749. The van der Waals surface area contributed by atoms with Crippen molar-refractivity contribution in [2.75, 3.05) is 20.1 Å². The molecule has 1 saturated carbocycles. The maximum Gasteiger partial charge on any atom is 0.230 e. The van der Waals surface area contributed by atoms with Crippen molar-refractivity contribution in [3.63, 3.8) is 0 Å². The number of fused-ring (bicyclic) bond motifs is 1. The van der Waals surface area contributed by atoms with Crippen molar-refractivity contribution < 1.29 is 4.79 Å². The SMILES string of the molecule is CN(Cc1cnn(-c2ccccc2)n1)C(=O)[C@@]12CCCC[C@H]1CNC2.Cl. The average molecular weight is 376 g/mol. The van der Waals surface area contributed by atoms with E-state index in [1.165, 1.54) is 6.42 Å². The molecule has 6 nitrogen and oxygen atoms in total.